The summed E-state index contributed by atoms with van der Waals surface area (Å²) in [6, 6.07) is 7.51. The van der Waals surface area contributed by atoms with Gasteiger partial charge in [0.1, 0.15) is 12.3 Å². The third-order valence-corrected chi connectivity index (χ3v) is 11.3. The first-order valence-corrected chi connectivity index (χ1v) is 17.4. The smallest absolute Gasteiger partial charge is 0.252 e. The summed E-state index contributed by atoms with van der Waals surface area (Å²) in [4.78, 5) is 36.5. The minimum atomic E-state index is -0.835. The zero-order chi connectivity index (χ0) is 31.8. The van der Waals surface area contributed by atoms with Crippen molar-refractivity contribution in [3.8, 4) is 0 Å². The Morgan fingerprint density at radius 1 is 1.02 bits per heavy atom. The zero-order valence-corrected chi connectivity index (χ0v) is 29.7. The molecule has 3 saturated heterocycles. The van der Waals surface area contributed by atoms with Crippen molar-refractivity contribution in [1.82, 2.24) is 19.6 Å². The summed E-state index contributed by atoms with van der Waals surface area (Å²) in [5.74, 6) is 0.749. The van der Waals surface area contributed by atoms with Gasteiger partial charge in [0.05, 0.1) is 6.04 Å². The minimum Gasteiger partial charge on any atom is -0.378 e. The average Bonchev–Trinajstić information content (AvgIpc) is 3.78. The highest BCUT2D eigenvalue weighted by Crippen LogP contribution is 2.42. The van der Waals surface area contributed by atoms with Gasteiger partial charge in [-0.2, -0.15) is 0 Å². The molecule has 4 fully saturated rings. The Balaban J connectivity index is 0.00000461. The van der Waals surface area contributed by atoms with Crippen LogP contribution >= 0.6 is 24.0 Å². The second kappa shape index (κ2) is 15.2. The molecule has 0 bridgehead atoms. The molecule has 3 heterocycles. The largest absolute Gasteiger partial charge is 0.378 e. The fourth-order valence-electron chi connectivity index (χ4n) is 8.09. The van der Waals surface area contributed by atoms with E-state index in [1.54, 1.807) is 4.90 Å². The fourth-order valence-corrected chi connectivity index (χ4v) is 8.22. The molecule has 10 heteroatoms. The first-order chi connectivity index (χ1) is 20.9. The predicted molar refractivity (Wildman–Crippen MR) is 182 cm³/mol. The number of carbonyl (C=O) groups is 2. The molecule has 1 N–H and O–H groups in total. The van der Waals surface area contributed by atoms with E-state index >= 15 is 0 Å². The number of ether oxygens (including phenoxy) is 1. The van der Waals surface area contributed by atoms with Gasteiger partial charge in [0, 0.05) is 74.3 Å². The third kappa shape index (κ3) is 8.01. The zero-order valence-electron chi connectivity index (χ0n) is 28.2. The monoisotopic (exact) mass is 666 g/mol. The Morgan fingerprint density at radius 2 is 1.69 bits per heavy atom. The van der Waals surface area contributed by atoms with E-state index in [1.165, 1.54) is 0 Å². The van der Waals surface area contributed by atoms with E-state index in [0.717, 1.165) is 57.2 Å². The Hall–Kier alpha value is -1.42. The molecular weight excluding hydrogens is 611 g/mol. The van der Waals surface area contributed by atoms with Crippen molar-refractivity contribution >= 4 is 35.8 Å². The van der Waals surface area contributed by atoms with Gasteiger partial charge < -0.3 is 19.6 Å². The van der Waals surface area contributed by atoms with Gasteiger partial charge >= 0.3 is 0 Å². The third-order valence-electron chi connectivity index (χ3n) is 11.0. The number of carbonyl (C=O) groups excluding carboxylic acids is 2. The molecule has 1 unspecified atom stereocenters. The van der Waals surface area contributed by atoms with E-state index in [9.17, 15) is 14.7 Å². The molecule has 1 saturated carbocycles. The highest BCUT2D eigenvalue weighted by molar-refractivity contribution is 6.30. The van der Waals surface area contributed by atoms with E-state index in [2.05, 4.69) is 49.6 Å². The standard InChI is InChI=1S/C35H55ClN4O4.ClH/c1-7-37(6)33(42)30-19-27(40(26-16-10-23(2)11-17-26)34(43)31-9-8-18-44-31)20-39(30)32(41)29-22-38(35(3,4)5)21-28(29)24-12-14-25(36)15-13-24;/h12-15,23,26-32,41H,7-11,16-22H2,1-6H3;1H/t23?,26?,27-,28-,29+,30-,31-,32?;/m0./s1. The lowest BCUT2D eigenvalue weighted by atomic mass is 9.85. The van der Waals surface area contributed by atoms with E-state index in [1.807, 2.05) is 31.0 Å². The number of aliphatic hydroxyl groups is 1. The van der Waals surface area contributed by atoms with Crippen LogP contribution < -0.4 is 0 Å². The van der Waals surface area contributed by atoms with Crippen LogP contribution in [0.4, 0.5) is 0 Å². The fraction of sp³-hybridized carbons (Fsp3) is 0.771. The van der Waals surface area contributed by atoms with Crippen LogP contribution in [0.15, 0.2) is 24.3 Å². The molecule has 6 atom stereocenters. The van der Waals surface area contributed by atoms with Crippen LogP contribution in [0.2, 0.25) is 5.02 Å². The molecule has 254 valence electrons. The highest BCUT2D eigenvalue weighted by Gasteiger charge is 2.51. The molecule has 0 radical (unpaired) electrons. The SMILES string of the molecule is CCN(C)C(=O)[C@@H]1C[C@H](N(C(=O)[C@@H]2CCCO2)C2CCC(C)CC2)CN1C(O)[C@@H]1CN(C(C)(C)C)C[C@H]1c1ccc(Cl)cc1.Cl. The summed E-state index contributed by atoms with van der Waals surface area (Å²) in [5, 5.41) is 13.1. The van der Waals surface area contributed by atoms with Crippen molar-refractivity contribution in [2.75, 3.05) is 39.8 Å². The predicted octanol–water partition coefficient (Wildman–Crippen LogP) is 5.40. The van der Waals surface area contributed by atoms with E-state index in [0.29, 0.717) is 37.1 Å². The number of hydrogen-bond donors (Lipinski definition) is 1. The van der Waals surface area contributed by atoms with Crippen molar-refractivity contribution < 1.29 is 19.4 Å². The summed E-state index contributed by atoms with van der Waals surface area (Å²) in [6.45, 7) is 14.2. The van der Waals surface area contributed by atoms with Crippen LogP contribution in [0.3, 0.4) is 0 Å². The molecule has 3 aliphatic heterocycles. The summed E-state index contributed by atoms with van der Waals surface area (Å²) >= 11 is 6.26. The van der Waals surface area contributed by atoms with Crippen molar-refractivity contribution in [2.45, 2.75) is 121 Å². The van der Waals surface area contributed by atoms with Crippen LogP contribution in [0.25, 0.3) is 0 Å². The number of likely N-dealkylation sites (N-methyl/N-ethyl adjacent to an activating group) is 1. The van der Waals surface area contributed by atoms with Gasteiger partial charge in [-0.25, -0.2) is 0 Å². The molecular formula is C35H56Cl2N4O4. The number of rotatable bonds is 8. The van der Waals surface area contributed by atoms with Crippen molar-refractivity contribution in [1.29, 1.82) is 0 Å². The van der Waals surface area contributed by atoms with Gasteiger partial charge in [0.15, 0.2) is 0 Å². The Bertz CT molecular complexity index is 1130. The van der Waals surface area contributed by atoms with Crippen LogP contribution in [-0.2, 0) is 14.3 Å². The number of likely N-dealkylation sites (tertiary alicyclic amines) is 2. The van der Waals surface area contributed by atoms with Gasteiger partial charge in [-0.05, 0) is 96.3 Å². The lowest BCUT2D eigenvalue weighted by Gasteiger charge is -2.41. The lowest BCUT2D eigenvalue weighted by Crippen LogP contribution is -2.54. The molecule has 1 aromatic carbocycles. The molecule has 1 aromatic rings. The van der Waals surface area contributed by atoms with Crippen LogP contribution in [-0.4, -0.2) is 112 Å². The van der Waals surface area contributed by atoms with Crippen molar-refractivity contribution in [3.05, 3.63) is 34.9 Å². The number of hydrogen-bond acceptors (Lipinski definition) is 6. The van der Waals surface area contributed by atoms with Gasteiger partial charge in [-0.15, -0.1) is 12.4 Å². The van der Waals surface area contributed by atoms with Gasteiger partial charge in [0.25, 0.3) is 5.91 Å². The van der Waals surface area contributed by atoms with Crippen LogP contribution in [0, 0.1) is 11.8 Å². The number of halogens is 2. The summed E-state index contributed by atoms with van der Waals surface area (Å²) in [5.41, 5.74) is 1.09. The first-order valence-electron chi connectivity index (χ1n) is 17.0. The molecule has 0 aromatic heterocycles. The second-order valence-corrected chi connectivity index (χ2v) is 15.4. The van der Waals surface area contributed by atoms with E-state index < -0.39 is 18.4 Å². The van der Waals surface area contributed by atoms with Crippen molar-refractivity contribution in [3.63, 3.8) is 0 Å². The van der Waals surface area contributed by atoms with Gasteiger partial charge in [-0.3, -0.25) is 19.4 Å². The molecule has 0 spiro atoms. The molecule has 45 heavy (non-hydrogen) atoms. The topological polar surface area (TPSA) is 76.6 Å². The highest BCUT2D eigenvalue weighted by atomic mass is 35.5. The van der Waals surface area contributed by atoms with E-state index in [4.69, 9.17) is 16.3 Å². The summed E-state index contributed by atoms with van der Waals surface area (Å²) in [6.07, 6.45) is 5.13. The summed E-state index contributed by atoms with van der Waals surface area (Å²) in [7, 11) is 1.84. The average molecular weight is 668 g/mol. The Kier molecular flexibility index (Phi) is 12.3. The maximum atomic E-state index is 14.1. The van der Waals surface area contributed by atoms with E-state index in [-0.39, 0.29) is 53.7 Å². The number of benzene rings is 1. The number of nitrogens with zero attached hydrogens (tertiary/aromatic N) is 4. The first kappa shape index (κ1) is 36.4. The maximum absolute atomic E-state index is 14.1. The second-order valence-electron chi connectivity index (χ2n) is 14.9. The van der Waals surface area contributed by atoms with Crippen LogP contribution in [0.5, 0.6) is 0 Å². The summed E-state index contributed by atoms with van der Waals surface area (Å²) < 4.78 is 5.92. The lowest BCUT2D eigenvalue weighted by molar-refractivity contribution is -0.147. The minimum absolute atomic E-state index is 0. The quantitative estimate of drug-likeness (QED) is 0.400. The number of aliphatic hydroxyl groups excluding tert-OH is 1. The van der Waals surface area contributed by atoms with Gasteiger partial charge in [0.2, 0.25) is 5.91 Å². The molecule has 2 amide bonds. The molecule has 1 aliphatic carbocycles. The molecule has 5 rings (SSSR count). The normalized spacial score (nSPS) is 31.9. The number of amides is 2. The molecule has 8 nitrogen and oxygen atoms in total. The van der Waals surface area contributed by atoms with Crippen molar-refractivity contribution in [2.24, 2.45) is 11.8 Å². The Morgan fingerprint density at radius 3 is 2.27 bits per heavy atom. The Labute approximate surface area is 282 Å². The van der Waals surface area contributed by atoms with Gasteiger partial charge in [-0.1, -0.05) is 30.7 Å². The van der Waals surface area contributed by atoms with Crippen LogP contribution in [0.1, 0.15) is 91.0 Å². The molecule has 4 aliphatic rings. The maximum Gasteiger partial charge on any atom is 0.252 e.